The molecule has 1 heterocycles. The van der Waals surface area contributed by atoms with Crippen LogP contribution in [-0.2, 0) is 15.0 Å². The Hall–Kier alpha value is -1.84. The lowest BCUT2D eigenvalue weighted by Crippen LogP contribution is -2.30. The third-order valence-corrected chi connectivity index (χ3v) is 3.52. The summed E-state index contributed by atoms with van der Waals surface area (Å²) in [6, 6.07) is 7.35. The number of fused-ring (bicyclic) bond motifs is 1. The Morgan fingerprint density at radius 1 is 1.31 bits per heavy atom. The highest BCUT2D eigenvalue weighted by molar-refractivity contribution is 6.15. The average molecular weight is 217 g/mol. The number of carbonyl (C=O) groups is 2. The summed E-state index contributed by atoms with van der Waals surface area (Å²) in [5, 5.41) is 2.38. The van der Waals surface area contributed by atoms with Gasteiger partial charge in [-0.3, -0.25) is 14.9 Å². The van der Waals surface area contributed by atoms with Crippen LogP contribution in [0.3, 0.4) is 0 Å². The minimum atomic E-state index is -0.580. The molecule has 1 saturated carbocycles. The molecule has 1 aromatic carbocycles. The number of hydrogen-bond donors (Lipinski definition) is 1. The van der Waals surface area contributed by atoms with Gasteiger partial charge in [0.15, 0.2) is 0 Å². The van der Waals surface area contributed by atoms with E-state index in [1.54, 1.807) is 7.11 Å². The van der Waals surface area contributed by atoms with Crippen LogP contribution >= 0.6 is 0 Å². The molecule has 0 unspecified atom stereocenters. The monoisotopic (exact) mass is 217 g/mol. The molecule has 0 radical (unpaired) electrons. The van der Waals surface area contributed by atoms with Gasteiger partial charge in [0.2, 0.25) is 11.8 Å². The first-order valence-corrected chi connectivity index (χ1v) is 5.18. The molecule has 0 spiro atoms. The predicted octanol–water partition coefficient (Wildman–Crippen LogP) is 0.609. The van der Waals surface area contributed by atoms with E-state index >= 15 is 0 Å². The van der Waals surface area contributed by atoms with Crippen molar-refractivity contribution in [3.05, 3.63) is 29.8 Å². The van der Waals surface area contributed by atoms with E-state index in [-0.39, 0.29) is 17.7 Å². The number of carbonyl (C=O) groups excluding carboxylic acids is 2. The molecule has 1 aromatic rings. The zero-order valence-electron chi connectivity index (χ0n) is 8.82. The van der Waals surface area contributed by atoms with Gasteiger partial charge in [-0.15, -0.1) is 0 Å². The highest BCUT2D eigenvalue weighted by atomic mass is 16.5. The first-order chi connectivity index (χ1) is 7.68. The first-order valence-electron chi connectivity index (χ1n) is 5.18. The van der Waals surface area contributed by atoms with Gasteiger partial charge in [0.05, 0.1) is 18.4 Å². The molecule has 0 aromatic heterocycles. The van der Waals surface area contributed by atoms with Crippen molar-refractivity contribution in [3.63, 3.8) is 0 Å². The minimum absolute atomic E-state index is 0.138. The number of hydrogen-bond acceptors (Lipinski definition) is 3. The zero-order chi connectivity index (χ0) is 11.3. The van der Waals surface area contributed by atoms with E-state index < -0.39 is 5.41 Å². The van der Waals surface area contributed by atoms with Crippen molar-refractivity contribution in [1.82, 2.24) is 5.32 Å². The molecule has 2 fully saturated rings. The van der Waals surface area contributed by atoms with Crippen LogP contribution in [0.25, 0.3) is 0 Å². The molecule has 1 N–H and O–H groups in total. The van der Waals surface area contributed by atoms with Crippen LogP contribution in [-0.4, -0.2) is 18.9 Å². The van der Waals surface area contributed by atoms with Crippen molar-refractivity contribution in [3.8, 4) is 5.75 Å². The summed E-state index contributed by atoms with van der Waals surface area (Å²) in [7, 11) is 1.60. The topological polar surface area (TPSA) is 55.4 Å². The van der Waals surface area contributed by atoms with Gasteiger partial charge in [-0.1, -0.05) is 12.1 Å². The van der Waals surface area contributed by atoms with Crippen molar-refractivity contribution in [2.75, 3.05) is 7.11 Å². The molecule has 1 aliphatic heterocycles. The molecule has 1 saturated heterocycles. The second kappa shape index (κ2) is 2.84. The highest BCUT2D eigenvalue weighted by Gasteiger charge is 2.69. The largest absolute Gasteiger partial charge is 0.497 e. The Morgan fingerprint density at radius 3 is 2.44 bits per heavy atom. The number of ether oxygens (including phenoxy) is 1. The maximum atomic E-state index is 11.7. The fourth-order valence-electron chi connectivity index (χ4n) is 2.48. The molecule has 16 heavy (non-hydrogen) atoms. The van der Waals surface area contributed by atoms with Crippen LogP contribution in [0.5, 0.6) is 5.75 Å². The van der Waals surface area contributed by atoms with Crippen LogP contribution in [0.1, 0.15) is 12.0 Å². The number of methoxy groups -OCH3 is 1. The van der Waals surface area contributed by atoms with Crippen LogP contribution in [0, 0.1) is 5.92 Å². The van der Waals surface area contributed by atoms with Gasteiger partial charge in [-0.05, 0) is 24.1 Å². The standard InChI is InChI=1S/C12H11NO3/c1-16-8-4-2-7(3-5-8)12-6-9(12)10(14)13-11(12)15/h2-5,9H,6H2,1H3,(H,13,14,15)/t9-,12+/m0/s1. The Labute approximate surface area is 92.6 Å². The Kier molecular flexibility index (Phi) is 1.67. The normalized spacial score (nSPS) is 30.9. The molecule has 0 bridgehead atoms. The third-order valence-electron chi connectivity index (χ3n) is 3.52. The number of piperidine rings is 1. The summed E-state index contributed by atoms with van der Waals surface area (Å²) < 4.78 is 5.06. The molecule has 1 aliphatic carbocycles. The quantitative estimate of drug-likeness (QED) is 0.738. The lowest BCUT2D eigenvalue weighted by Gasteiger charge is -2.10. The lowest BCUT2D eigenvalue weighted by molar-refractivity contribution is -0.127. The summed E-state index contributed by atoms with van der Waals surface area (Å²) in [6.45, 7) is 0. The van der Waals surface area contributed by atoms with Crippen molar-refractivity contribution in [2.24, 2.45) is 5.92 Å². The number of benzene rings is 1. The van der Waals surface area contributed by atoms with Gasteiger partial charge in [-0.25, -0.2) is 0 Å². The van der Waals surface area contributed by atoms with Gasteiger partial charge in [-0.2, -0.15) is 0 Å². The second-order valence-corrected chi connectivity index (χ2v) is 4.27. The van der Waals surface area contributed by atoms with E-state index in [4.69, 9.17) is 4.74 Å². The number of imide groups is 1. The molecule has 4 heteroatoms. The first kappa shape index (κ1) is 9.39. The van der Waals surface area contributed by atoms with Gasteiger partial charge in [0.25, 0.3) is 0 Å². The third kappa shape index (κ3) is 0.988. The Morgan fingerprint density at radius 2 is 2.00 bits per heavy atom. The van der Waals surface area contributed by atoms with Crippen LogP contribution in [0.4, 0.5) is 0 Å². The maximum absolute atomic E-state index is 11.7. The van der Waals surface area contributed by atoms with Crippen molar-refractivity contribution in [1.29, 1.82) is 0 Å². The van der Waals surface area contributed by atoms with Crippen molar-refractivity contribution >= 4 is 11.8 Å². The van der Waals surface area contributed by atoms with Crippen LogP contribution < -0.4 is 10.1 Å². The summed E-state index contributed by atoms with van der Waals surface area (Å²) in [6.07, 6.45) is 0.643. The smallest absolute Gasteiger partial charge is 0.238 e. The maximum Gasteiger partial charge on any atom is 0.238 e. The lowest BCUT2D eigenvalue weighted by atomic mass is 9.94. The molecule has 3 rings (SSSR count). The summed E-state index contributed by atoms with van der Waals surface area (Å²) in [5.41, 5.74) is 0.324. The van der Waals surface area contributed by atoms with Gasteiger partial charge >= 0.3 is 0 Å². The summed E-state index contributed by atoms with van der Waals surface area (Å²) in [4.78, 5) is 23.1. The summed E-state index contributed by atoms with van der Waals surface area (Å²) >= 11 is 0. The second-order valence-electron chi connectivity index (χ2n) is 4.27. The number of amides is 2. The zero-order valence-corrected chi connectivity index (χ0v) is 8.82. The van der Waals surface area contributed by atoms with Crippen LogP contribution in [0.2, 0.25) is 0 Å². The molecular weight excluding hydrogens is 206 g/mol. The predicted molar refractivity (Wildman–Crippen MR) is 55.9 cm³/mol. The fourth-order valence-corrected chi connectivity index (χ4v) is 2.48. The molecular formula is C12H11NO3. The molecule has 2 atom stereocenters. The van der Waals surface area contributed by atoms with E-state index in [9.17, 15) is 9.59 Å². The van der Waals surface area contributed by atoms with Crippen molar-refractivity contribution < 1.29 is 14.3 Å². The van der Waals surface area contributed by atoms with E-state index in [0.29, 0.717) is 6.42 Å². The Balaban J connectivity index is 1.99. The number of nitrogens with one attached hydrogen (secondary N) is 1. The fraction of sp³-hybridized carbons (Fsp3) is 0.333. The SMILES string of the molecule is COc1ccc([C@]23C[C@H]2C(=O)NC3=O)cc1. The van der Waals surface area contributed by atoms with Gasteiger partial charge < -0.3 is 4.74 Å². The molecule has 4 nitrogen and oxygen atoms in total. The molecule has 82 valence electrons. The van der Waals surface area contributed by atoms with E-state index in [1.165, 1.54) is 0 Å². The number of rotatable bonds is 2. The molecule has 2 aliphatic rings. The van der Waals surface area contributed by atoms with E-state index in [0.717, 1.165) is 11.3 Å². The average Bonchev–Trinajstić information content (AvgIpc) is 3.00. The van der Waals surface area contributed by atoms with E-state index in [1.807, 2.05) is 24.3 Å². The van der Waals surface area contributed by atoms with E-state index in [2.05, 4.69) is 5.32 Å². The van der Waals surface area contributed by atoms with Gasteiger partial charge in [0.1, 0.15) is 5.75 Å². The van der Waals surface area contributed by atoms with Crippen molar-refractivity contribution in [2.45, 2.75) is 11.8 Å². The van der Waals surface area contributed by atoms with Crippen LogP contribution in [0.15, 0.2) is 24.3 Å². The highest BCUT2D eigenvalue weighted by Crippen LogP contribution is 2.57. The Bertz CT molecular complexity index is 480. The minimum Gasteiger partial charge on any atom is -0.497 e. The van der Waals surface area contributed by atoms with Gasteiger partial charge in [0, 0.05) is 0 Å². The summed E-state index contributed by atoms with van der Waals surface area (Å²) in [5.74, 6) is 0.295. The molecule has 2 amide bonds.